The third-order valence-corrected chi connectivity index (χ3v) is 5.13. The van der Waals surface area contributed by atoms with E-state index in [1.54, 1.807) is 12.3 Å². The summed E-state index contributed by atoms with van der Waals surface area (Å²) >= 11 is 6.24. The zero-order chi connectivity index (χ0) is 23.8. The van der Waals surface area contributed by atoms with Gasteiger partial charge in [0.25, 0.3) is 0 Å². The van der Waals surface area contributed by atoms with E-state index in [0.29, 0.717) is 36.9 Å². The highest BCUT2D eigenvalue weighted by Gasteiger charge is 2.24. The first kappa shape index (κ1) is 24.1. The molecule has 3 aromatic rings. The van der Waals surface area contributed by atoms with Crippen LogP contribution in [0.3, 0.4) is 0 Å². The van der Waals surface area contributed by atoms with Gasteiger partial charge in [-0.2, -0.15) is 4.37 Å². The minimum atomic E-state index is -1.43. The number of carbonyl (C=O) groups is 2. The van der Waals surface area contributed by atoms with Crippen molar-refractivity contribution in [1.82, 2.24) is 14.7 Å². The first-order valence-electron chi connectivity index (χ1n) is 9.54. The lowest BCUT2D eigenvalue weighted by molar-refractivity contribution is 0.0693. The van der Waals surface area contributed by atoms with Crippen LogP contribution in [0.5, 0.6) is 5.88 Å². The maximum atomic E-state index is 13.9. The molecule has 0 unspecified atom stereocenters. The van der Waals surface area contributed by atoms with E-state index in [0.717, 1.165) is 12.1 Å². The summed E-state index contributed by atoms with van der Waals surface area (Å²) in [5.41, 5.74) is -0.864. The summed E-state index contributed by atoms with van der Waals surface area (Å²) in [6.07, 6.45) is 2.24. The van der Waals surface area contributed by atoms with Crippen molar-refractivity contribution < 1.29 is 28.2 Å². The molecule has 0 atom stereocenters. The van der Waals surface area contributed by atoms with Crippen molar-refractivity contribution in [3.8, 4) is 5.88 Å². The van der Waals surface area contributed by atoms with E-state index >= 15 is 0 Å². The number of aromatic nitrogens is 2. The maximum absolute atomic E-state index is 13.9. The summed E-state index contributed by atoms with van der Waals surface area (Å²) in [7, 11) is 0. The Labute approximate surface area is 195 Å². The number of halogens is 3. The van der Waals surface area contributed by atoms with Crippen LogP contribution in [0.15, 0.2) is 36.5 Å². The van der Waals surface area contributed by atoms with Crippen molar-refractivity contribution in [2.75, 3.05) is 23.7 Å². The number of aromatic carboxylic acids is 1. The lowest BCUT2D eigenvalue weighted by Gasteiger charge is -2.09. The fraction of sp³-hybridized carbons (Fsp3) is 0.200. The highest BCUT2D eigenvalue weighted by atomic mass is 35.5. The van der Waals surface area contributed by atoms with E-state index in [-0.39, 0.29) is 15.9 Å². The average molecular weight is 498 g/mol. The smallest absolute Gasteiger partial charge is 0.344 e. The van der Waals surface area contributed by atoms with Crippen LogP contribution in [0.2, 0.25) is 5.02 Å². The Morgan fingerprint density at radius 3 is 2.61 bits per heavy atom. The summed E-state index contributed by atoms with van der Waals surface area (Å²) < 4.78 is 36.9. The number of carboxylic acids is 1. The summed E-state index contributed by atoms with van der Waals surface area (Å²) in [6.45, 7) is 0.257. The highest BCUT2D eigenvalue weighted by Crippen LogP contribution is 2.31. The lowest BCUT2D eigenvalue weighted by Crippen LogP contribution is -2.30. The van der Waals surface area contributed by atoms with Crippen LogP contribution in [-0.2, 0) is 6.61 Å². The Balaban J connectivity index is 1.53. The molecule has 0 saturated carbocycles. The van der Waals surface area contributed by atoms with Gasteiger partial charge in [0.2, 0.25) is 5.88 Å². The number of ether oxygens (including phenoxy) is 1. The molecule has 174 valence electrons. The molecule has 0 fully saturated rings. The third kappa shape index (κ3) is 6.73. The van der Waals surface area contributed by atoms with E-state index in [1.807, 2.05) is 12.1 Å². The molecule has 2 amide bonds. The number of hydrogen-bond donors (Lipinski definition) is 4. The second kappa shape index (κ2) is 11.4. The molecule has 0 radical (unpaired) electrons. The SMILES string of the molecule is O=C(NCCCNc1ccccn1)Nc1snc(OCc2c(F)cc(Cl)cc2F)c1C(=O)O. The van der Waals surface area contributed by atoms with Gasteiger partial charge in [-0.05, 0) is 42.2 Å². The second-order valence-electron chi connectivity index (χ2n) is 6.51. The number of anilines is 2. The number of pyridine rings is 1. The van der Waals surface area contributed by atoms with Gasteiger partial charge in [-0.3, -0.25) is 5.32 Å². The van der Waals surface area contributed by atoms with Crippen molar-refractivity contribution in [3.63, 3.8) is 0 Å². The van der Waals surface area contributed by atoms with Crippen molar-refractivity contribution in [3.05, 3.63) is 64.3 Å². The van der Waals surface area contributed by atoms with Gasteiger partial charge < -0.3 is 20.5 Å². The molecule has 3 rings (SSSR count). The molecule has 0 saturated heterocycles. The first-order valence-corrected chi connectivity index (χ1v) is 10.7. The molecule has 0 aliphatic heterocycles. The number of hydrogen-bond acceptors (Lipinski definition) is 7. The van der Waals surface area contributed by atoms with E-state index in [4.69, 9.17) is 16.3 Å². The number of urea groups is 1. The molecule has 2 aromatic heterocycles. The van der Waals surface area contributed by atoms with Crippen molar-refractivity contribution in [1.29, 1.82) is 0 Å². The zero-order valence-electron chi connectivity index (χ0n) is 16.9. The molecule has 2 heterocycles. The molecular weight excluding hydrogens is 480 g/mol. The van der Waals surface area contributed by atoms with E-state index in [2.05, 4.69) is 25.3 Å². The lowest BCUT2D eigenvalue weighted by atomic mass is 10.2. The van der Waals surface area contributed by atoms with Crippen LogP contribution in [0.25, 0.3) is 0 Å². The van der Waals surface area contributed by atoms with Gasteiger partial charge in [0.05, 0.1) is 5.56 Å². The van der Waals surface area contributed by atoms with Gasteiger partial charge in [0.1, 0.15) is 29.1 Å². The largest absolute Gasteiger partial charge is 0.477 e. The fourth-order valence-corrected chi connectivity index (χ4v) is 3.53. The van der Waals surface area contributed by atoms with Crippen LogP contribution in [0.4, 0.5) is 24.4 Å². The Hall–Kier alpha value is -3.51. The number of rotatable bonds is 10. The molecule has 13 heteroatoms. The third-order valence-electron chi connectivity index (χ3n) is 4.17. The fourth-order valence-electron chi connectivity index (χ4n) is 2.62. The minimum absolute atomic E-state index is 0.0846. The quantitative estimate of drug-likeness (QED) is 0.306. The molecule has 1 aromatic carbocycles. The topological polar surface area (TPSA) is 125 Å². The summed E-state index contributed by atoms with van der Waals surface area (Å²) in [6, 6.07) is 6.63. The van der Waals surface area contributed by atoms with Gasteiger partial charge in [-0.1, -0.05) is 17.7 Å². The van der Waals surface area contributed by atoms with Crippen LogP contribution >= 0.6 is 23.1 Å². The van der Waals surface area contributed by atoms with Crippen LogP contribution in [0.1, 0.15) is 22.3 Å². The molecule has 0 aliphatic carbocycles. The minimum Gasteiger partial charge on any atom is -0.477 e. The number of amides is 2. The van der Waals surface area contributed by atoms with Gasteiger partial charge in [-0.15, -0.1) is 0 Å². The molecule has 9 nitrogen and oxygen atoms in total. The average Bonchev–Trinajstić information content (AvgIpc) is 3.16. The second-order valence-corrected chi connectivity index (χ2v) is 7.72. The standard InChI is InChI=1S/C20H18ClF2N5O4S/c21-11-8-13(22)12(14(23)9-11)10-32-17-16(19(29)30)18(33-28-17)27-20(31)26-7-3-6-25-15-4-1-2-5-24-15/h1-2,4-5,8-9H,3,6-7,10H2,(H,24,25)(H,29,30)(H2,26,27,31). The molecular formula is C20H18ClF2N5O4S. The predicted octanol–water partition coefficient (Wildman–Crippen LogP) is 4.37. The van der Waals surface area contributed by atoms with Crippen molar-refractivity contribution >= 4 is 46.0 Å². The number of nitrogens with zero attached hydrogens (tertiary/aromatic N) is 2. The first-order chi connectivity index (χ1) is 15.8. The summed E-state index contributed by atoms with van der Waals surface area (Å²) in [5, 5.41) is 17.3. The number of carboxylic acid groups (broad SMARTS) is 1. The van der Waals surface area contributed by atoms with E-state index < -0.39 is 41.4 Å². The van der Waals surface area contributed by atoms with E-state index in [1.165, 1.54) is 0 Å². The van der Waals surface area contributed by atoms with Crippen molar-refractivity contribution in [2.45, 2.75) is 13.0 Å². The summed E-state index contributed by atoms with van der Waals surface area (Å²) in [5.74, 6) is -2.98. The van der Waals surface area contributed by atoms with Gasteiger partial charge in [0, 0.05) is 24.3 Å². The summed E-state index contributed by atoms with van der Waals surface area (Å²) in [4.78, 5) is 27.9. The Morgan fingerprint density at radius 1 is 1.18 bits per heavy atom. The van der Waals surface area contributed by atoms with Crippen LogP contribution in [0, 0.1) is 11.6 Å². The molecule has 33 heavy (non-hydrogen) atoms. The molecule has 4 N–H and O–H groups in total. The number of benzene rings is 1. The molecule has 0 bridgehead atoms. The van der Waals surface area contributed by atoms with Crippen molar-refractivity contribution in [2.24, 2.45) is 0 Å². The maximum Gasteiger partial charge on any atom is 0.344 e. The predicted molar refractivity (Wildman–Crippen MR) is 119 cm³/mol. The highest BCUT2D eigenvalue weighted by molar-refractivity contribution is 7.11. The van der Waals surface area contributed by atoms with Gasteiger partial charge in [-0.25, -0.2) is 23.4 Å². The number of nitrogens with one attached hydrogen (secondary N) is 3. The Kier molecular flexibility index (Phi) is 8.33. The number of carbonyl (C=O) groups excluding carboxylic acids is 1. The monoisotopic (exact) mass is 497 g/mol. The Bertz CT molecular complexity index is 1110. The van der Waals surface area contributed by atoms with Crippen LogP contribution in [-0.4, -0.2) is 39.6 Å². The van der Waals surface area contributed by atoms with Gasteiger partial charge in [0.15, 0.2) is 5.56 Å². The Morgan fingerprint density at radius 2 is 1.94 bits per heavy atom. The molecule has 0 spiro atoms. The zero-order valence-corrected chi connectivity index (χ0v) is 18.5. The van der Waals surface area contributed by atoms with Crippen LogP contribution < -0.4 is 20.7 Å². The van der Waals surface area contributed by atoms with Gasteiger partial charge >= 0.3 is 12.0 Å². The van der Waals surface area contributed by atoms with E-state index in [9.17, 15) is 23.5 Å². The normalized spacial score (nSPS) is 10.5. The molecule has 0 aliphatic rings.